The number of nitrogens with zero attached hydrogens (tertiary/aromatic N) is 1. The molecule has 1 aliphatic carbocycles. The molecule has 110 valence electrons. The maximum absolute atomic E-state index is 12.3. The second-order valence-corrected chi connectivity index (χ2v) is 5.89. The average molecular weight is 296 g/mol. The van der Waals surface area contributed by atoms with E-state index in [0.29, 0.717) is 28.9 Å². The number of carbonyl (C=O) groups is 1. The van der Waals surface area contributed by atoms with Gasteiger partial charge in [-0.05, 0) is 38.1 Å². The van der Waals surface area contributed by atoms with Crippen LogP contribution in [0.3, 0.4) is 0 Å². The molecule has 2 rings (SSSR count). The van der Waals surface area contributed by atoms with Crippen molar-refractivity contribution < 1.29 is 9.53 Å². The number of hydrogen-bond donors (Lipinski definition) is 0. The van der Waals surface area contributed by atoms with Gasteiger partial charge in [-0.3, -0.25) is 9.69 Å². The standard InChI is InChI=1S/C16H22ClNO2/c1-18(13-6-4-3-5-7-13)11-15(19)12-8-9-16(20-2)14(17)10-12/h8-10,13H,3-7,11H2,1-2H3. The molecule has 3 nitrogen and oxygen atoms in total. The molecule has 1 aliphatic rings. The zero-order chi connectivity index (χ0) is 14.5. The number of ether oxygens (including phenoxy) is 1. The molecule has 0 unspecified atom stereocenters. The van der Waals surface area contributed by atoms with E-state index in [1.807, 2.05) is 7.05 Å². The van der Waals surface area contributed by atoms with E-state index in [2.05, 4.69) is 4.90 Å². The Morgan fingerprint density at radius 3 is 2.65 bits per heavy atom. The Morgan fingerprint density at radius 1 is 1.35 bits per heavy atom. The SMILES string of the molecule is COc1ccc(C(=O)CN(C)C2CCCCC2)cc1Cl. The van der Waals surface area contributed by atoms with Gasteiger partial charge in [0.15, 0.2) is 5.78 Å². The Hall–Kier alpha value is -1.06. The Kier molecular flexibility index (Phi) is 5.44. The van der Waals surface area contributed by atoms with Crippen molar-refractivity contribution in [2.45, 2.75) is 38.1 Å². The Balaban J connectivity index is 1.98. The number of hydrogen-bond acceptors (Lipinski definition) is 3. The first-order valence-electron chi connectivity index (χ1n) is 7.19. The van der Waals surface area contributed by atoms with E-state index >= 15 is 0 Å². The molecule has 0 heterocycles. The van der Waals surface area contributed by atoms with Gasteiger partial charge in [0.1, 0.15) is 5.75 Å². The summed E-state index contributed by atoms with van der Waals surface area (Å²) < 4.78 is 5.10. The highest BCUT2D eigenvalue weighted by atomic mass is 35.5. The van der Waals surface area contributed by atoms with Gasteiger partial charge in [0.25, 0.3) is 0 Å². The van der Waals surface area contributed by atoms with Crippen molar-refractivity contribution in [3.8, 4) is 5.75 Å². The van der Waals surface area contributed by atoms with E-state index in [4.69, 9.17) is 16.3 Å². The zero-order valence-electron chi connectivity index (χ0n) is 12.2. The van der Waals surface area contributed by atoms with Gasteiger partial charge in [0.2, 0.25) is 0 Å². The highest BCUT2D eigenvalue weighted by molar-refractivity contribution is 6.32. The van der Waals surface area contributed by atoms with Crippen LogP contribution in [0, 0.1) is 0 Å². The topological polar surface area (TPSA) is 29.5 Å². The lowest BCUT2D eigenvalue weighted by Gasteiger charge is -2.30. The number of halogens is 1. The van der Waals surface area contributed by atoms with Crippen LogP contribution in [0.25, 0.3) is 0 Å². The van der Waals surface area contributed by atoms with Crippen LogP contribution in [0.4, 0.5) is 0 Å². The van der Waals surface area contributed by atoms with Crippen molar-refractivity contribution in [3.63, 3.8) is 0 Å². The molecule has 1 fully saturated rings. The third-order valence-electron chi connectivity index (χ3n) is 4.06. The van der Waals surface area contributed by atoms with E-state index in [-0.39, 0.29) is 5.78 Å². The van der Waals surface area contributed by atoms with Crippen LogP contribution in [0.5, 0.6) is 5.75 Å². The van der Waals surface area contributed by atoms with Crippen molar-refractivity contribution in [2.24, 2.45) is 0 Å². The van der Waals surface area contributed by atoms with E-state index in [0.717, 1.165) is 0 Å². The maximum Gasteiger partial charge on any atom is 0.176 e. The molecular weight excluding hydrogens is 274 g/mol. The quantitative estimate of drug-likeness (QED) is 0.774. The van der Waals surface area contributed by atoms with Gasteiger partial charge in [0, 0.05) is 11.6 Å². The lowest BCUT2D eigenvalue weighted by Crippen LogP contribution is -2.37. The summed E-state index contributed by atoms with van der Waals surface area (Å²) in [6.07, 6.45) is 6.28. The van der Waals surface area contributed by atoms with Crippen LogP contribution < -0.4 is 4.74 Å². The molecule has 0 N–H and O–H groups in total. The Morgan fingerprint density at radius 2 is 2.05 bits per heavy atom. The molecule has 0 radical (unpaired) electrons. The van der Waals surface area contributed by atoms with Gasteiger partial charge < -0.3 is 4.74 Å². The molecule has 4 heteroatoms. The number of carbonyl (C=O) groups excluding carboxylic acids is 1. The summed E-state index contributed by atoms with van der Waals surface area (Å²) >= 11 is 6.07. The van der Waals surface area contributed by atoms with Gasteiger partial charge in [-0.1, -0.05) is 30.9 Å². The lowest BCUT2D eigenvalue weighted by molar-refractivity contribution is 0.0899. The summed E-state index contributed by atoms with van der Waals surface area (Å²) in [4.78, 5) is 14.5. The minimum absolute atomic E-state index is 0.114. The Labute approximate surface area is 125 Å². The average Bonchev–Trinajstić information content (AvgIpc) is 2.48. The third kappa shape index (κ3) is 3.74. The van der Waals surface area contributed by atoms with Gasteiger partial charge in [-0.2, -0.15) is 0 Å². The van der Waals surface area contributed by atoms with Crippen molar-refractivity contribution in [3.05, 3.63) is 28.8 Å². The Bertz CT molecular complexity index is 470. The molecule has 0 aliphatic heterocycles. The third-order valence-corrected chi connectivity index (χ3v) is 4.36. The first kappa shape index (κ1) is 15.3. The van der Waals surface area contributed by atoms with Crippen LogP contribution in [0.2, 0.25) is 5.02 Å². The maximum atomic E-state index is 12.3. The van der Waals surface area contributed by atoms with Crippen molar-refractivity contribution in [1.29, 1.82) is 0 Å². The van der Waals surface area contributed by atoms with Crippen molar-refractivity contribution >= 4 is 17.4 Å². The fourth-order valence-electron chi connectivity index (χ4n) is 2.81. The number of methoxy groups -OCH3 is 1. The van der Waals surface area contributed by atoms with Gasteiger partial charge in [0.05, 0.1) is 18.7 Å². The highest BCUT2D eigenvalue weighted by Crippen LogP contribution is 2.26. The molecule has 1 aromatic carbocycles. The van der Waals surface area contributed by atoms with E-state index in [1.165, 1.54) is 32.1 Å². The summed E-state index contributed by atoms with van der Waals surface area (Å²) in [6.45, 7) is 0.452. The molecule has 20 heavy (non-hydrogen) atoms. The number of benzene rings is 1. The summed E-state index contributed by atoms with van der Waals surface area (Å²) in [6, 6.07) is 5.76. The van der Waals surface area contributed by atoms with Crippen LogP contribution in [-0.2, 0) is 0 Å². The normalized spacial score (nSPS) is 16.4. The van der Waals surface area contributed by atoms with Crippen LogP contribution in [0.1, 0.15) is 42.5 Å². The molecule has 0 aromatic heterocycles. The molecular formula is C16H22ClNO2. The second-order valence-electron chi connectivity index (χ2n) is 5.48. The van der Waals surface area contributed by atoms with Crippen LogP contribution >= 0.6 is 11.6 Å². The number of rotatable bonds is 5. The zero-order valence-corrected chi connectivity index (χ0v) is 12.9. The van der Waals surface area contributed by atoms with Crippen molar-refractivity contribution in [1.82, 2.24) is 4.90 Å². The lowest BCUT2D eigenvalue weighted by atomic mass is 9.94. The van der Waals surface area contributed by atoms with Gasteiger partial charge in [-0.15, -0.1) is 0 Å². The molecule has 0 spiro atoms. The monoisotopic (exact) mass is 295 g/mol. The number of Topliss-reactive ketones (excluding diaryl/α,β-unsaturated/α-hetero) is 1. The van der Waals surface area contributed by atoms with E-state index in [9.17, 15) is 4.79 Å². The minimum Gasteiger partial charge on any atom is -0.495 e. The first-order chi connectivity index (χ1) is 9.61. The smallest absolute Gasteiger partial charge is 0.176 e. The molecule has 0 amide bonds. The fraction of sp³-hybridized carbons (Fsp3) is 0.562. The molecule has 1 saturated carbocycles. The van der Waals surface area contributed by atoms with E-state index in [1.54, 1.807) is 25.3 Å². The number of likely N-dealkylation sites (N-methyl/N-ethyl adjacent to an activating group) is 1. The minimum atomic E-state index is 0.114. The largest absolute Gasteiger partial charge is 0.495 e. The van der Waals surface area contributed by atoms with Crippen molar-refractivity contribution in [2.75, 3.05) is 20.7 Å². The van der Waals surface area contributed by atoms with Crippen LogP contribution in [0.15, 0.2) is 18.2 Å². The molecule has 0 bridgehead atoms. The van der Waals surface area contributed by atoms with E-state index < -0.39 is 0 Å². The summed E-state index contributed by atoms with van der Waals surface area (Å²) in [5, 5.41) is 0.485. The fourth-order valence-corrected chi connectivity index (χ4v) is 3.07. The predicted molar refractivity (Wildman–Crippen MR) is 81.8 cm³/mol. The summed E-state index contributed by atoms with van der Waals surface area (Å²) in [5.41, 5.74) is 0.651. The van der Waals surface area contributed by atoms with Gasteiger partial charge in [-0.25, -0.2) is 0 Å². The van der Waals surface area contributed by atoms with Gasteiger partial charge >= 0.3 is 0 Å². The summed E-state index contributed by atoms with van der Waals surface area (Å²) in [5.74, 6) is 0.714. The molecule has 1 aromatic rings. The predicted octanol–water partition coefficient (Wildman–Crippen LogP) is 3.80. The molecule has 0 atom stereocenters. The number of ketones is 1. The first-order valence-corrected chi connectivity index (χ1v) is 7.56. The highest BCUT2D eigenvalue weighted by Gasteiger charge is 2.20. The van der Waals surface area contributed by atoms with Crippen LogP contribution in [-0.4, -0.2) is 37.4 Å². The summed E-state index contributed by atoms with van der Waals surface area (Å²) in [7, 11) is 3.61. The molecule has 0 saturated heterocycles. The second kappa shape index (κ2) is 7.09.